The molecule has 1 heterocycles. The van der Waals surface area contributed by atoms with Crippen molar-refractivity contribution in [3.8, 4) is 5.69 Å². The summed E-state index contributed by atoms with van der Waals surface area (Å²) in [5.41, 5.74) is 4.62. The van der Waals surface area contributed by atoms with Crippen molar-refractivity contribution in [2.45, 2.75) is 6.18 Å². The minimum Gasteiger partial charge on any atom is -0.368 e. The maximum absolute atomic E-state index is 12.6. The first-order chi connectivity index (χ1) is 12.1. The van der Waals surface area contributed by atoms with Gasteiger partial charge in [0.15, 0.2) is 0 Å². The average molecular weight is 369 g/mol. The van der Waals surface area contributed by atoms with E-state index < -0.39 is 36.0 Å². The topological polar surface area (TPSA) is 110 Å². The van der Waals surface area contributed by atoms with Crippen molar-refractivity contribution < 1.29 is 27.6 Å². The number of likely N-dealkylation sites (N-methyl/N-ethyl adjacent to an activating group) is 1. The van der Waals surface area contributed by atoms with Crippen LogP contribution in [0, 0.1) is 0 Å². The molecule has 0 saturated carbocycles. The van der Waals surface area contributed by atoms with Gasteiger partial charge >= 0.3 is 18.0 Å². The van der Waals surface area contributed by atoms with Gasteiger partial charge in [0, 0.05) is 7.05 Å². The second-order valence-electron chi connectivity index (χ2n) is 5.30. The van der Waals surface area contributed by atoms with Gasteiger partial charge in [-0.2, -0.15) is 18.3 Å². The fourth-order valence-corrected chi connectivity index (χ4v) is 2.00. The highest BCUT2D eigenvalue weighted by molar-refractivity contribution is 6.39. The van der Waals surface area contributed by atoms with Gasteiger partial charge in [0.1, 0.15) is 0 Å². The third-order valence-corrected chi connectivity index (χ3v) is 3.23. The molecule has 0 aliphatic heterocycles. The number of benzene rings is 1. The molecular formula is C15H14F3N5O3. The molecule has 0 aliphatic rings. The van der Waals surface area contributed by atoms with Gasteiger partial charge in [-0.1, -0.05) is 0 Å². The zero-order valence-electron chi connectivity index (χ0n) is 13.4. The van der Waals surface area contributed by atoms with E-state index in [1.54, 1.807) is 0 Å². The van der Waals surface area contributed by atoms with Crippen molar-refractivity contribution in [1.82, 2.24) is 14.7 Å². The molecule has 0 fully saturated rings. The van der Waals surface area contributed by atoms with Gasteiger partial charge in [-0.3, -0.25) is 14.4 Å². The molecule has 1 aromatic carbocycles. The van der Waals surface area contributed by atoms with Crippen LogP contribution in [0.25, 0.3) is 5.69 Å². The van der Waals surface area contributed by atoms with Gasteiger partial charge in [0.05, 0.1) is 35.9 Å². The van der Waals surface area contributed by atoms with Gasteiger partial charge < -0.3 is 16.0 Å². The number of amides is 3. The van der Waals surface area contributed by atoms with Crippen LogP contribution in [0.1, 0.15) is 5.56 Å². The summed E-state index contributed by atoms with van der Waals surface area (Å²) in [4.78, 5) is 35.2. The highest BCUT2D eigenvalue weighted by atomic mass is 19.4. The van der Waals surface area contributed by atoms with Crippen LogP contribution in [0.3, 0.4) is 0 Å². The summed E-state index contributed by atoms with van der Waals surface area (Å²) < 4.78 is 38.9. The minimum atomic E-state index is -4.45. The summed E-state index contributed by atoms with van der Waals surface area (Å²) in [5.74, 6) is -2.77. The highest BCUT2D eigenvalue weighted by Crippen LogP contribution is 2.29. The Morgan fingerprint density at radius 2 is 1.85 bits per heavy atom. The Hall–Kier alpha value is -3.37. The van der Waals surface area contributed by atoms with Gasteiger partial charge in [-0.15, -0.1) is 0 Å². The number of hydrogen-bond donors (Lipinski definition) is 2. The van der Waals surface area contributed by atoms with E-state index in [0.717, 1.165) is 17.0 Å². The van der Waals surface area contributed by atoms with Crippen molar-refractivity contribution >= 4 is 23.4 Å². The first kappa shape index (κ1) is 19.0. The van der Waals surface area contributed by atoms with Crippen LogP contribution >= 0.6 is 0 Å². The Morgan fingerprint density at radius 3 is 2.38 bits per heavy atom. The number of hydrogen-bond acceptors (Lipinski definition) is 4. The quantitative estimate of drug-likeness (QED) is 0.776. The second-order valence-corrected chi connectivity index (χ2v) is 5.30. The summed E-state index contributed by atoms with van der Waals surface area (Å²) in [5, 5.41) is 6.18. The third-order valence-electron chi connectivity index (χ3n) is 3.23. The Kier molecular flexibility index (Phi) is 5.29. The molecule has 3 amide bonds. The van der Waals surface area contributed by atoms with Crippen molar-refractivity contribution in [3.05, 3.63) is 42.2 Å². The van der Waals surface area contributed by atoms with E-state index in [-0.39, 0.29) is 5.69 Å². The van der Waals surface area contributed by atoms with Crippen LogP contribution < -0.4 is 11.1 Å². The van der Waals surface area contributed by atoms with Crippen LogP contribution in [0.4, 0.5) is 18.9 Å². The van der Waals surface area contributed by atoms with Crippen LogP contribution in [0.2, 0.25) is 0 Å². The number of alkyl halides is 3. The summed E-state index contributed by atoms with van der Waals surface area (Å²) in [6, 6.07) is 4.23. The Balaban J connectivity index is 2.06. The number of nitrogens with two attached hydrogens (primary N) is 1. The first-order valence-corrected chi connectivity index (χ1v) is 7.15. The number of nitrogens with one attached hydrogen (secondary N) is 1. The Bertz CT molecular complexity index is 830. The molecule has 3 N–H and O–H groups in total. The molecule has 0 spiro atoms. The zero-order valence-corrected chi connectivity index (χ0v) is 13.4. The maximum Gasteiger partial charge on any atom is 0.416 e. The molecule has 1 aromatic heterocycles. The summed E-state index contributed by atoms with van der Waals surface area (Å²) >= 11 is 0. The Morgan fingerprint density at radius 1 is 1.23 bits per heavy atom. The van der Waals surface area contributed by atoms with Crippen LogP contribution in [0.5, 0.6) is 0 Å². The summed E-state index contributed by atoms with van der Waals surface area (Å²) in [7, 11) is 1.23. The number of nitrogens with zero attached hydrogens (tertiary/aromatic N) is 3. The zero-order chi connectivity index (χ0) is 19.5. The number of halogens is 3. The number of primary amides is 1. The molecule has 0 radical (unpaired) electrons. The smallest absolute Gasteiger partial charge is 0.368 e. The maximum atomic E-state index is 12.6. The van der Waals surface area contributed by atoms with E-state index >= 15 is 0 Å². The fraction of sp³-hybridized carbons (Fsp3) is 0.200. The molecule has 8 nitrogen and oxygen atoms in total. The van der Waals surface area contributed by atoms with E-state index in [9.17, 15) is 27.6 Å². The van der Waals surface area contributed by atoms with Gasteiger partial charge in [0.2, 0.25) is 5.91 Å². The van der Waals surface area contributed by atoms with Crippen molar-refractivity contribution in [2.75, 3.05) is 18.9 Å². The molecule has 0 atom stereocenters. The average Bonchev–Trinajstić information content (AvgIpc) is 3.01. The molecule has 138 valence electrons. The second kappa shape index (κ2) is 7.25. The van der Waals surface area contributed by atoms with E-state index in [0.29, 0.717) is 5.69 Å². The first-order valence-electron chi connectivity index (χ1n) is 7.15. The van der Waals surface area contributed by atoms with Crippen LogP contribution in [0.15, 0.2) is 36.7 Å². The molecular weight excluding hydrogens is 355 g/mol. The highest BCUT2D eigenvalue weighted by Gasteiger charge is 2.30. The predicted octanol–water partition coefficient (Wildman–Crippen LogP) is 0.773. The minimum absolute atomic E-state index is 0.149. The number of aromatic nitrogens is 2. The van der Waals surface area contributed by atoms with E-state index in [1.807, 2.05) is 0 Å². The van der Waals surface area contributed by atoms with Gasteiger partial charge in [-0.25, -0.2) is 4.68 Å². The number of rotatable bonds is 4. The van der Waals surface area contributed by atoms with Gasteiger partial charge in [0.25, 0.3) is 0 Å². The lowest BCUT2D eigenvalue weighted by Crippen LogP contribution is -2.41. The largest absolute Gasteiger partial charge is 0.416 e. The molecule has 2 aromatic rings. The molecule has 11 heteroatoms. The summed E-state index contributed by atoms with van der Waals surface area (Å²) in [6.45, 7) is -0.420. The van der Waals surface area contributed by atoms with Crippen molar-refractivity contribution in [1.29, 1.82) is 0 Å². The number of anilines is 1. The lowest BCUT2D eigenvalue weighted by molar-refractivity contribution is -0.143. The molecule has 2 rings (SSSR count). The number of carbonyl (C=O) groups is 3. The molecule has 0 aliphatic carbocycles. The normalized spacial score (nSPS) is 11.1. The predicted molar refractivity (Wildman–Crippen MR) is 84.0 cm³/mol. The van der Waals surface area contributed by atoms with Crippen LogP contribution in [-0.4, -0.2) is 46.0 Å². The van der Waals surface area contributed by atoms with Gasteiger partial charge in [-0.05, 0) is 24.3 Å². The molecule has 0 saturated heterocycles. The molecule has 0 unspecified atom stereocenters. The van der Waals surface area contributed by atoms with Crippen molar-refractivity contribution in [3.63, 3.8) is 0 Å². The third kappa shape index (κ3) is 4.59. The van der Waals surface area contributed by atoms with Crippen molar-refractivity contribution in [2.24, 2.45) is 5.73 Å². The van der Waals surface area contributed by atoms with E-state index in [1.165, 1.54) is 36.3 Å². The van der Waals surface area contributed by atoms with E-state index in [2.05, 4.69) is 10.4 Å². The monoisotopic (exact) mass is 369 g/mol. The standard InChI is InChI=1S/C15H14F3N5O3/c1-22(8-12(19)24)14(26)13(25)21-10-6-20-23(7-10)11-4-2-9(3-5-11)15(16,17)18/h2-7H,8H2,1H3,(H2,19,24)(H,21,25). The Labute approximate surface area is 145 Å². The molecule has 26 heavy (non-hydrogen) atoms. The van der Waals surface area contributed by atoms with Crippen LogP contribution in [-0.2, 0) is 20.6 Å². The lowest BCUT2D eigenvalue weighted by Gasteiger charge is -2.13. The molecule has 0 bridgehead atoms. The van der Waals surface area contributed by atoms with E-state index in [4.69, 9.17) is 5.73 Å². The fourth-order valence-electron chi connectivity index (χ4n) is 2.00. The SMILES string of the molecule is CN(CC(N)=O)C(=O)C(=O)Nc1cnn(-c2ccc(C(F)(F)F)cc2)c1. The summed E-state index contributed by atoms with van der Waals surface area (Å²) in [6.07, 6.45) is -1.90. The lowest BCUT2D eigenvalue weighted by atomic mass is 10.2. The number of carbonyl (C=O) groups excluding carboxylic acids is 3.